The summed E-state index contributed by atoms with van der Waals surface area (Å²) in [7, 11) is 2.09. The highest BCUT2D eigenvalue weighted by Gasteiger charge is 2.21. The Bertz CT molecular complexity index is 434. The minimum Gasteiger partial charge on any atom is -0.380 e. The van der Waals surface area contributed by atoms with Crippen LogP contribution in [0.1, 0.15) is 30.0 Å². The van der Waals surface area contributed by atoms with Gasteiger partial charge in [-0.3, -0.25) is 4.90 Å². The zero-order valence-corrected chi connectivity index (χ0v) is 13.2. The van der Waals surface area contributed by atoms with Crippen LogP contribution in [0.5, 0.6) is 0 Å². The summed E-state index contributed by atoms with van der Waals surface area (Å²) in [5, 5.41) is 0.805. The molecule has 1 aliphatic carbocycles. The molecule has 1 atom stereocenters. The lowest BCUT2D eigenvalue weighted by Gasteiger charge is -2.27. The van der Waals surface area contributed by atoms with Gasteiger partial charge in [-0.1, -0.05) is 23.7 Å². The van der Waals surface area contributed by atoms with E-state index in [0.717, 1.165) is 36.3 Å². The van der Waals surface area contributed by atoms with Crippen LogP contribution in [-0.4, -0.2) is 38.3 Å². The summed E-state index contributed by atoms with van der Waals surface area (Å²) in [6.07, 6.45) is 2.67. The van der Waals surface area contributed by atoms with Crippen molar-refractivity contribution in [2.24, 2.45) is 11.7 Å². The Kier molecular flexibility index (Phi) is 5.85. The quantitative estimate of drug-likeness (QED) is 0.750. The molecule has 2 N–H and O–H groups in total. The van der Waals surface area contributed by atoms with E-state index < -0.39 is 0 Å². The van der Waals surface area contributed by atoms with Crippen LogP contribution in [-0.2, 0) is 4.74 Å². The fourth-order valence-corrected chi connectivity index (χ4v) is 2.47. The smallest absolute Gasteiger partial charge is 0.0593 e. The van der Waals surface area contributed by atoms with Gasteiger partial charge in [-0.2, -0.15) is 0 Å². The van der Waals surface area contributed by atoms with E-state index >= 15 is 0 Å². The molecular weight excluding hydrogens is 272 g/mol. The molecule has 3 nitrogen and oxygen atoms in total. The second kappa shape index (κ2) is 7.41. The Morgan fingerprint density at radius 1 is 1.45 bits per heavy atom. The molecule has 0 heterocycles. The fourth-order valence-electron chi connectivity index (χ4n) is 2.29. The molecule has 0 amide bonds. The van der Waals surface area contributed by atoms with Crippen LogP contribution in [0.4, 0.5) is 0 Å². The minimum absolute atomic E-state index is 0.192. The summed E-state index contributed by atoms with van der Waals surface area (Å²) in [6, 6.07) is 6.38. The van der Waals surface area contributed by atoms with Gasteiger partial charge in [-0.25, -0.2) is 0 Å². The third kappa shape index (κ3) is 4.45. The Morgan fingerprint density at radius 3 is 2.80 bits per heavy atom. The van der Waals surface area contributed by atoms with Crippen LogP contribution in [0.3, 0.4) is 0 Å². The average Bonchev–Trinajstić information content (AvgIpc) is 3.24. The standard InChI is InChI=1S/C16H25ClN2O/c1-12-3-6-14(9-15(12)17)16(10-18)19(2)7-8-20-11-13-4-5-13/h3,6,9,13,16H,4-5,7-8,10-11,18H2,1-2H3. The maximum atomic E-state index is 6.20. The summed E-state index contributed by atoms with van der Waals surface area (Å²) in [5.41, 5.74) is 8.20. The molecule has 20 heavy (non-hydrogen) atoms. The lowest BCUT2D eigenvalue weighted by molar-refractivity contribution is 0.0922. The highest BCUT2D eigenvalue weighted by atomic mass is 35.5. The van der Waals surface area contributed by atoms with Crippen molar-refractivity contribution in [3.8, 4) is 0 Å². The molecule has 0 saturated heterocycles. The Balaban J connectivity index is 1.86. The molecule has 0 bridgehead atoms. The molecule has 1 aromatic rings. The predicted molar refractivity (Wildman–Crippen MR) is 84.2 cm³/mol. The van der Waals surface area contributed by atoms with Gasteiger partial charge in [0.2, 0.25) is 0 Å². The summed E-state index contributed by atoms with van der Waals surface area (Å²) in [5.74, 6) is 0.821. The highest BCUT2D eigenvalue weighted by Crippen LogP contribution is 2.29. The van der Waals surface area contributed by atoms with Crippen molar-refractivity contribution in [3.63, 3.8) is 0 Å². The first kappa shape index (κ1) is 15.8. The lowest BCUT2D eigenvalue weighted by atomic mass is 10.0. The number of nitrogens with two attached hydrogens (primary N) is 1. The van der Waals surface area contributed by atoms with Crippen molar-refractivity contribution in [1.29, 1.82) is 0 Å². The zero-order valence-electron chi connectivity index (χ0n) is 12.4. The van der Waals surface area contributed by atoms with Crippen LogP contribution in [0.2, 0.25) is 5.02 Å². The molecule has 1 saturated carbocycles. The number of ether oxygens (including phenoxy) is 1. The third-order valence-corrected chi connectivity index (χ3v) is 4.38. The molecule has 112 valence electrons. The third-order valence-electron chi connectivity index (χ3n) is 3.97. The molecule has 0 aromatic heterocycles. The van der Waals surface area contributed by atoms with Gasteiger partial charge >= 0.3 is 0 Å². The number of hydrogen-bond donors (Lipinski definition) is 1. The van der Waals surface area contributed by atoms with Crippen molar-refractivity contribution in [2.75, 3.05) is 33.4 Å². The highest BCUT2D eigenvalue weighted by molar-refractivity contribution is 6.31. The molecule has 0 radical (unpaired) electrons. The summed E-state index contributed by atoms with van der Waals surface area (Å²) >= 11 is 6.20. The molecular formula is C16H25ClN2O. The Morgan fingerprint density at radius 2 is 2.20 bits per heavy atom. The molecule has 1 unspecified atom stereocenters. The van der Waals surface area contributed by atoms with E-state index in [-0.39, 0.29) is 6.04 Å². The van der Waals surface area contributed by atoms with Crippen molar-refractivity contribution in [2.45, 2.75) is 25.8 Å². The van der Waals surface area contributed by atoms with Gasteiger partial charge in [0.25, 0.3) is 0 Å². The second-order valence-electron chi connectivity index (χ2n) is 5.76. The number of nitrogens with zero attached hydrogens (tertiary/aromatic N) is 1. The van der Waals surface area contributed by atoms with Gasteiger partial charge < -0.3 is 10.5 Å². The normalized spacial score (nSPS) is 16.6. The van der Waals surface area contributed by atoms with E-state index in [1.54, 1.807) is 0 Å². The van der Waals surface area contributed by atoms with Crippen molar-refractivity contribution < 1.29 is 4.74 Å². The topological polar surface area (TPSA) is 38.5 Å². The van der Waals surface area contributed by atoms with E-state index in [9.17, 15) is 0 Å². The van der Waals surface area contributed by atoms with Gasteiger partial charge in [0, 0.05) is 30.8 Å². The van der Waals surface area contributed by atoms with Gasteiger partial charge in [-0.05, 0) is 49.9 Å². The molecule has 0 aliphatic heterocycles. The summed E-state index contributed by atoms with van der Waals surface area (Å²) in [4.78, 5) is 2.24. The Labute approximate surface area is 127 Å². The van der Waals surface area contributed by atoms with E-state index in [2.05, 4.69) is 24.1 Å². The van der Waals surface area contributed by atoms with E-state index in [1.807, 2.05) is 13.0 Å². The van der Waals surface area contributed by atoms with E-state index in [0.29, 0.717) is 6.54 Å². The Hall–Kier alpha value is -0.610. The number of likely N-dealkylation sites (N-methyl/N-ethyl adjacent to an activating group) is 1. The number of benzene rings is 1. The number of rotatable bonds is 8. The van der Waals surface area contributed by atoms with Crippen LogP contribution in [0, 0.1) is 12.8 Å². The minimum atomic E-state index is 0.192. The van der Waals surface area contributed by atoms with Gasteiger partial charge in [-0.15, -0.1) is 0 Å². The van der Waals surface area contributed by atoms with Gasteiger partial charge in [0.15, 0.2) is 0 Å². The number of halogens is 1. The van der Waals surface area contributed by atoms with Crippen LogP contribution in [0.15, 0.2) is 18.2 Å². The molecule has 1 aromatic carbocycles. The van der Waals surface area contributed by atoms with Crippen molar-refractivity contribution in [3.05, 3.63) is 34.3 Å². The summed E-state index contributed by atoms with van der Waals surface area (Å²) < 4.78 is 5.69. The van der Waals surface area contributed by atoms with Crippen LogP contribution in [0.25, 0.3) is 0 Å². The molecule has 2 rings (SSSR count). The zero-order chi connectivity index (χ0) is 14.5. The van der Waals surface area contributed by atoms with E-state index in [4.69, 9.17) is 22.1 Å². The van der Waals surface area contributed by atoms with Crippen LogP contribution < -0.4 is 5.73 Å². The first-order chi connectivity index (χ1) is 9.61. The first-order valence-electron chi connectivity index (χ1n) is 7.36. The summed E-state index contributed by atoms with van der Waals surface area (Å²) in [6.45, 7) is 5.16. The molecule has 1 aliphatic rings. The molecule has 4 heteroatoms. The van der Waals surface area contributed by atoms with Crippen molar-refractivity contribution in [1.82, 2.24) is 4.90 Å². The second-order valence-corrected chi connectivity index (χ2v) is 6.17. The largest absolute Gasteiger partial charge is 0.380 e. The number of hydrogen-bond acceptors (Lipinski definition) is 3. The molecule has 0 spiro atoms. The predicted octanol–water partition coefficient (Wildman–Crippen LogP) is 3.01. The van der Waals surface area contributed by atoms with Gasteiger partial charge in [0.05, 0.1) is 6.61 Å². The average molecular weight is 297 g/mol. The maximum Gasteiger partial charge on any atom is 0.0593 e. The van der Waals surface area contributed by atoms with Gasteiger partial charge in [0.1, 0.15) is 0 Å². The number of aryl methyl sites for hydroxylation is 1. The van der Waals surface area contributed by atoms with Crippen molar-refractivity contribution >= 4 is 11.6 Å². The first-order valence-corrected chi connectivity index (χ1v) is 7.73. The molecule has 1 fully saturated rings. The van der Waals surface area contributed by atoms with E-state index in [1.165, 1.54) is 18.4 Å². The maximum absolute atomic E-state index is 6.20. The fraction of sp³-hybridized carbons (Fsp3) is 0.625. The lowest BCUT2D eigenvalue weighted by Crippen LogP contribution is -2.33. The van der Waals surface area contributed by atoms with Crippen LogP contribution >= 0.6 is 11.6 Å². The monoisotopic (exact) mass is 296 g/mol. The SMILES string of the molecule is Cc1ccc(C(CN)N(C)CCOCC2CC2)cc1Cl.